The van der Waals surface area contributed by atoms with E-state index in [1.54, 1.807) is 24.3 Å². The van der Waals surface area contributed by atoms with Crippen LogP contribution >= 0.6 is 35.0 Å². The van der Waals surface area contributed by atoms with Gasteiger partial charge in [-0.25, -0.2) is 4.39 Å². The summed E-state index contributed by atoms with van der Waals surface area (Å²) < 4.78 is 14.8. The summed E-state index contributed by atoms with van der Waals surface area (Å²) in [6, 6.07) is 17.8. The highest BCUT2D eigenvalue weighted by molar-refractivity contribution is 7.99. The highest BCUT2D eigenvalue weighted by Crippen LogP contribution is 2.37. The van der Waals surface area contributed by atoms with E-state index in [2.05, 4.69) is 22.2 Å². The monoisotopic (exact) mass is 528 g/mol. The zero-order valence-corrected chi connectivity index (χ0v) is 21.3. The standard InChI is InChI=1S/C26H23Cl2FN4OS/c1-32-8-10-33(11-9-32)24-7-4-18(14-21(24)29)30-26(34)23-15-20-22(31-23)12-17(28)13-25(20)35-19-5-2-16(27)3-6-19/h2-7,12-15,31H,8-11H2,1H3,(H,30,34). The molecule has 1 aromatic heterocycles. The van der Waals surface area contributed by atoms with Crippen molar-refractivity contribution in [2.45, 2.75) is 9.79 Å². The minimum atomic E-state index is -0.355. The number of rotatable bonds is 5. The molecule has 35 heavy (non-hydrogen) atoms. The number of carbonyl (C=O) groups excluding carboxylic acids is 1. The maximum Gasteiger partial charge on any atom is 0.272 e. The van der Waals surface area contributed by atoms with Crippen molar-refractivity contribution in [1.29, 1.82) is 0 Å². The van der Waals surface area contributed by atoms with Crippen LogP contribution in [0.2, 0.25) is 10.0 Å². The third-order valence-corrected chi connectivity index (χ3v) is 7.54. The Kier molecular flexibility index (Phi) is 6.93. The van der Waals surface area contributed by atoms with Crippen LogP contribution in [0.25, 0.3) is 10.9 Å². The lowest BCUT2D eigenvalue weighted by molar-refractivity contribution is 0.102. The number of nitrogens with zero attached hydrogens (tertiary/aromatic N) is 2. The highest BCUT2D eigenvalue weighted by atomic mass is 35.5. The van der Waals surface area contributed by atoms with Gasteiger partial charge >= 0.3 is 0 Å². The van der Waals surface area contributed by atoms with E-state index in [4.69, 9.17) is 23.2 Å². The van der Waals surface area contributed by atoms with Crippen LogP contribution in [0.5, 0.6) is 0 Å². The van der Waals surface area contributed by atoms with Crippen LogP contribution in [0.3, 0.4) is 0 Å². The van der Waals surface area contributed by atoms with Crippen molar-refractivity contribution in [3.63, 3.8) is 0 Å². The van der Waals surface area contributed by atoms with Crippen molar-refractivity contribution in [1.82, 2.24) is 9.88 Å². The lowest BCUT2D eigenvalue weighted by Crippen LogP contribution is -2.44. The number of aromatic amines is 1. The fourth-order valence-corrected chi connectivity index (χ4v) is 5.49. The molecule has 1 fully saturated rings. The molecule has 1 aliphatic heterocycles. The number of carbonyl (C=O) groups is 1. The van der Waals surface area contributed by atoms with Crippen molar-refractivity contribution < 1.29 is 9.18 Å². The molecule has 0 bridgehead atoms. The van der Waals surface area contributed by atoms with E-state index in [0.29, 0.717) is 27.1 Å². The average molecular weight is 529 g/mol. The molecular weight excluding hydrogens is 506 g/mol. The van der Waals surface area contributed by atoms with Gasteiger partial charge in [-0.15, -0.1) is 0 Å². The molecule has 4 aromatic rings. The summed E-state index contributed by atoms with van der Waals surface area (Å²) in [4.78, 5) is 22.3. The first kappa shape index (κ1) is 24.0. The summed E-state index contributed by atoms with van der Waals surface area (Å²) in [5.74, 6) is -0.705. The van der Waals surface area contributed by atoms with Crippen molar-refractivity contribution >= 4 is 63.1 Å². The van der Waals surface area contributed by atoms with Gasteiger partial charge in [0.25, 0.3) is 5.91 Å². The van der Waals surface area contributed by atoms with Crippen molar-refractivity contribution in [2.24, 2.45) is 0 Å². The topological polar surface area (TPSA) is 51.4 Å². The molecule has 5 nitrogen and oxygen atoms in total. The maximum absolute atomic E-state index is 14.8. The molecule has 0 atom stereocenters. The summed E-state index contributed by atoms with van der Waals surface area (Å²) in [7, 11) is 2.06. The minimum absolute atomic E-state index is 0.350. The molecule has 1 saturated heterocycles. The fraction of sp³-hybridized carbons (Fsp3) is 0.192. The Morgan fingerprint density at radius 3 is 2.43 bits per heavy atom. The molecule has 0 saturated carbocycles. The van der Waals surface area contributed by atoms with Gasteiger partial charge in [-0.3, -0.25) is 4.79 Å². The van der Waals surface area contributed by atoms with Gasteiger partial charge in [0, 0.05) is 62.6 Å². The van der Waals surface area contributed by atoms with Gasteiger partial charge in [0.15, 0.2) is 0 Å². The molecule has 3 aromatic carbocycles. The number of nitrogens with one attached hydrogen (secondary N) is 2. The molecule has 1 amide bonds. The second kappa shape index (κ2) is 10.1. The summed E-state index contributed by atoms with van der Waals surface area (Å²) >= 11 is 13.9. The molecule has 1 aliphatic rings. The molecule has 0 unspecified atom stereocenters. The zero-order valence-electron chi connectivity index (χ0n) is 18.9. The number of amides is 1. The number of likely N-dealkylation sites (N-methyl/N-ethyl adjacent to an activating group) is 1. The number of hydrogen-bond acceptors (Lipinski definition) is 4. The molecule has 0 spiro atoms. The van der Waals surface area contributed by atoms with Crippen LogP contribution in [-0.4, -0.2) is 49.0 Å². The first-order chi connectivity index (χ1) is 16.9. The third-order valence-electron chi connectivity index (χ3n) is 6.00. The maximum atomic E-state index is 14.8. The summed E-state index contributed by atoms with van der Waals surface area (Å²) in [6.07, 6.45) is 0. The SMILES string of the molecule is CN1CCN(c2ccc(NC(=O)c3cc4c(Sc5ccc(Cl)cc5)cc(Cl)cc4[nH]3)cc2F)CC1. The van der Waals surface area contributed by atoms with Crippen molar-refractivity contribution in [3.05, 3.63) is 82.2 Å². The Labute approximate surface area is 217 Å². The van der Waals surface area contributed by atoms with Crippen LogP contribution in [0.4, 0.5) is 15.8 Å². The molecule has 5 rings (SSSR count). The van der Waals surface area contributed by atoms with E-state index in [-0.39, 0.29) is 11.7 Å². The van der Waals surface area contributed by atoms with E-state index in [1.807, 2.05) is 35.2 Å². The molecule has 2 N–H and O–H groups in total. The second-order valence-electron chi connectivity index (χ2n) is 8.51. The highest BCUT2D eigenvalue weighted by Gasteiger charge is 2.19. The van der Waals surface area contributed by atoms with Crippen LogP contribution < -0.4 is 10.2 Å². The van der Waals surface area contributed by atoms with Gasteiger partial charge in [0.1, 0.15) is 11.5 Å². The van der Waals surface area contributed by atoms with Crippen LogP contribution in [0.1, 0.15) is 10.5 Å². The van der Waals surface area contributed by atoms with Gasteiger partial charge < -0.3 is 20.1 Å². The lowest BCUT2D eigenvalue weighted by Gasteiger charge is -2.34. The average Bonchev–Trinajstić information content (AvgIpc) is 3.26. The first-order valence-corrected chi connectivity index (χ1v) is 12.7. The molecule has 9 heteroatoms. The first-order valence-electron chi connectivity index (χ1n) is 11.2. The normalized spacial score (nSPS) is 14.5. The Morgan fingerprint density at radius 2 is 1.71 bits per heavy atom. The number of anilines is 2. The third kappa shape index (κ3) is 5.43. The second-order valence-corrected chi connectivity index (χ2v) is 10.5. The minimum Gasteiger partial charge on any atom is -0.367 e. The number of hydrogen-bond donors (Lipinski definition) is 2. The Bertz CT molecular complexity index is 1380. The number of benzene rings is 3. The van der Waals surface area contributed by atoms with Gasteiger partial charge in [0.05, 0.1) is 5.69 Å². The van der Waals surface area contributed by atoms with E-state index in [1.165, 1.54) is 17.8 Å². The number of piperazine rings is 1. The molecule has 180 valence electrons. The summed E-state index contributed by atoms with van der Waals surface area (Å²) in [6.45, 7) is 3.32. The Balaban J connectivity index is 1.35. The number of fused-ring (bicyclic) bond motifs is 1. The Hall–Kier alpha value is -2.71. The largest absolute Gasteiger partial charge is 0.367 e. The fourth-order valence-electron chi connectivity index (χ4n) is 4.09. The predicted octanol–water partition coefficient (Wildman–Crippen LogP) is 6.77. The van der Waals surface area contributed by atoms with Crippen LogP contribution in [0, 0.1) is 5.82 Å². The van der Waals surface area contributed by atoms with E-state index in [9.17, 15) is 9.18 Å². The number of halogens is 3. The molecule has 2 heterocycles. The molecular formula is C26H23Cl2FN4OS. The van der Waals surface area contributed by atoms with Crippen LogP contribution in [-0.2, 0) is 0 Å². The zero-order chi connectivity index (χ0) is 24.5. The van der Waals surface area contributed by atoms with Crippen LogP contribution in [0.15, 0.2) is 70.5 Å². The summed E-state index contributed by atoms with van der Waals surface area (Å²) in [5, 5.41) is 4.89. The number of H-pyrrole nitrogens is 1. The van der Waals surface area contributed by atoms with Gasteiger partial charge in [-0.1, -0.05) is 35.0 Å². The lowest BCUT2D eigenvalue weighted by atomic mass is 10.2. The van der Waals surface area contributed by atoms with E-state index >= 15 is 0 Å². The van der Waals surface area contributed by atoms with Crippen molar-refractivity contribution in [2.75, 3.05) is 43.4 Å². The van der Waals surface area contributed by atoms with Crippen molar-refractivity contribution in [3.8, 4) is 0 Å². The summed E-state index contributed by atoms with van der Waals surface area (Å²) in [5.41, 5.74) is 2.07. The number of aromatic nitrogens is 1. The van der Waals surface area contributed by atoms with Gasteiger partial charge in [0.2, 0.25) is 0 Å². The van der Waals surface area contributed by atoms with E-state index in [0.717, 1.165) is 46.9 Å². The molecule has 0 radical (unpaired) electrons. The van der Waals surface area contributed by atoms with Gasteiger partial charge in [-0.05, 0) is 67.7 Å². The smallest absolute Gasteiger partial charge is 0.272 e. The van der Waals surface area contributed by atoms with E-state index < -0.39 is 0 Å². The quantitative estimate of drug-likeness (QED) is 0.300. The molecule has 0 aliphatic carbocycles. The van der Waals surface area contributed by atoms with Gasteiger partial charge in [-0.2, -0.15) is 0 Å². The predicted molar refractivity (Wildman–Crippen MR) is 143 cm³/mol. The Morgan fingerprint density at radius 1 is 0.971 bits per heavy atom.